The van der Waals surface area contributed by atoms with E-state index in [2.05, 4.69) is 79.0 Å². The molecule has 2 aromatic heterocycles. The van der Waals surface area contributed by atoms with Gasteiger partial charge in [-0.3, -0.25) is 9.59 Å². The fourth-order valence-electron chi connectivity index (χ4n) is 8.96. The quantitative estimate of drug-likeness (QED) is 0.256. The van der Waals surface area contributed by atoms with E-state index in [1.54, 1.807) is 11.3 Å². The number of H-pyrrole nitrogens is 1. The van der Waals surface area contributed by atoms with E-state index in [1.165, 1.54) is 66.3 Å². The van der Waals surface area contributed by atoms with Gasteiger partial charge in [-0.15, -0.1) is 11.3 Å². The van der Waals surface area contributed by atoms with Crippen LogP contribution in [0.5, 0.6) is 0 Å². The largest absolute Gasteiger partial charge is 0.355 e. The molecule has 45 heavy (non-hydrogen) atoms. The summed E-state index contributed by atoms with van der Waals surface area (Å²) in [6, 6.07) is 9.86. The van der Waals surface area contributed by atoms with Crippen LogP contribution in [0.2, 0.25) is 0 Å². The Morgan fingerprint density at radius 3 is 2.24 bits per heavy atom. The van der Waals surface area contributed by atoms with Crippen molar-refractivity contribution in [1.29, 1.82) is 0 Å². The molecule has 242 valence electrons. The summed E-state index contributed by atoms with van der Waals surface area (Å²) in [6.07, 6.45) is 11.5. The molecule has 1 saturated carbocycles. The average Bonchev–Trinajstić information content (AvgIpc) is 3.77. The average molecular weight is 629 g/mol. The third-order valence-electron chi connectivity index (χ3n) is 11.5. The Labute approximate surface area is 273 Å². The van der Waals surface area contributed by atoms with E-state index in [9.17, 15) is 9.59 Å². The number of amides is 2. The molecule has 7 rings (SSSR count). The molecule has 0 spiro atoms. The second-order valence-electron chi connectivity index (χ2n) is 15.5. The van der Waals surface area contributed by atoms with Crippen molar-refractivity contribution in [3.8, 4) is 11.3 Å². The van der Waals surface area contributed by atoms with Gasteiger partial charge < -0.3 is 20.1 Å². The maximum atomic E-state index is 14.0. The molecule has 0 unspecified atom stereocenters. The standard InChI is InChI=1S/C38H52N4O2S/c1-23-15-24(2)17-27(16-23)34-33(25(3)19-39-35(43)28-21-41(22-28)20-26-9-7-6-8-10-26)31-18-32(45-36(31)40-34)38(4,5)37(44)42-29-11-12-30(42)14-13-29/h15-18,25-26,28-30,40H,6-14,19-22H2,1-5H3,(H,39,43)/t25-,29?,30?/m1/s1. The Balaban J connectivity index is 1.11. The lowest BCUT2D eigenvalue weighted by Crippen LogP contribution is -2.55. The molecule has 6 nitrogen and oxygen atoms in total. The molecule has 1 atom stereocenters. The molecule has 2 N–H and O–H groups in total. The van der Waals surface area contributed by atoms with Crippen molar-refractivity contribution in [2.45, 2.75) is 116 Å². The molecular formula is C38H52N4O2S. The maximum absolute atomic E-state index is 14.0. The van der Waals surface area contributed by atoms with Crippen LogP contribution in [-0.2, 0) is 15.0 Å². The van der Waals surface area contributed by atoms with Crippen LogP contribution >= 0.6 is 11.3 Å². The highest BCUT2D eigenvalue weighted by molar-refractivity contribution is 7.19. The normalized spacial score (nSPS) is 23.5. The van der Waals surface area contributed by atoms with Crippen molar-refractivity contribution in [2.75, 3.05) is 26.2 Å². The first-order valence-electron chi connectivity index (χ1n) is 17.7. The number of rotatable bonds is 9. The maximum Gasteiger partial charge on any atom is 0.233 e. The van der Waals surface area contributed by atoms with Crippen molar-refractivity contribution in [3.63, 3.8) is 0 Å². The SMILES string of the molecule is Cc1cc(C)cc(-c2[nH]c3sc(C(C)(C)C(=O)N4C5CCC4CC5)cc3c2[C@H](C)CNC(=O)C2CN(CC3CCCCC3)C2)c1. The van der Waals surface area contributed by atoms with E-state index in [1.807, 2.05) is 0 Å². The van der Waals surface area contributed by atoms with E-state index in [-0.39, 0.29) is 23.7 Å². The van der Waals surface area contributed by atoms with E-state index < -0.39 is 5.41 Å². The number of thiophene rings is 1. The number of nitrogens with one attached hydrogen (secondary N) is 2. The number of hydrogen-bond donors (Lipinski definition) is 2. The molecule has 5 heterocycles. The smallest absolute Gasteiger partial charge is 0.233 e. The summed E-state index contributed by atoms with van der Waals surface area (Å²) in [5.41, 5.74) is 5.48. The number of likely N-dealkylation sites (tertiary alicyclic amines) is 1. The number of carbonyl (C=O) groups is 2. The summed E-state index contributed by atoms with van der Waals surface area (Å²) in [5.74, 6) is 1.52. The number of nitrogens with zero attached hydrogens (tertiary/aromatic N) is 2. The summed E-state index contributed by atoms with van der Waals surface area (Å²) >= 11 is 1.73. The van der Waals surface area contributed by atoms with Crippen molar-refractivity contribution in [2.24, 2.45) is 11.8 Å². The summed E-state index contributed by atoms with van der Waals surface area (Å²) < 4.78 is 0. The van der Waals surface area contributed by atoms with Crippen LogP contribution in [0.25, 0.3) is 21.5 Å². The minimum atomic E-state index is -0.571. The summed E-state index contributed by atoms with van der Waals surface area (Å²) in [6.45, 7) is 14.3. The number of hydrogen-bond acceptors (Lipinski definition) is 4. The van der Waals surface area contributed by atoms with Gasteiger partial charge in [-0.05, 0) is 101 Å². The molecule has 4 aliphatic rings. The summed E-state index contributed by atoms with van der Waals surface area (Å²) in [5, 5.41) is 4.53. The lowest BCUT2D eigenvalue weighted by molar-refractivity contribution is -0.137. The highest BCUT2D eigenvalue weighted by Gasteiger charge is 2.47. The highest BCUT2D eigenvalue weighted by Crippen LogP contribution is 2.46. The fraction of sp³-hybridized carbons (Fsp3) is 0.632. The van der Waals surface area contributed by atoms with Gasteiger partial charge in [0.2, 0.25) is 11.8 Å². The Morgan fingerprint density at radius 2 is 1.60 bits per heavy atom. The number of aromatic amines is 1. The van der Waals surface area contributed by atoms with E-state index in [4.69, 9.17) is 0 Å². The van der Waals surface area contributed by atoms with Gasteiger partial charge in [0, 0.05) is 54.4 Å². The van der Waals surface area contributed by atoms with Crippen LogP contribution in [0.4, 0.5) is 0 Å². The fourth-order valence-corrected chi connectivity index (χ4v) is 10.1. The van der Waals surface area contributed by atoms with Crippen LogP contribution in [0, 0.1) is 25.7 Å². The second-order valence-corrected chi connectivity index (χ2v) is 16.6. The number of aryl methyl sites for hydroxylation is 2. The summed E-state index contributed by atoms with van der Waals surface area (Å²) in [4.78, 5) is 38.0. The lowest BCUT2D eigenvalue weighted by Gasteiger charge is -2.41. The van der Waals surface area contributed by atoms with Crippen LogP contribution in [0.15, 0.2) is 24.3 Å². The van der Waals surface area contributed by atoms with Crippen LogP contribution < -0.4 is 5.32 Å². The molecule has 2 amide bonds. The molecule has 3 aromatic rings. The molecule has 3 aliphatic heterocycles. The first-order valence-corrected chi connectivity index (χ1v) is 18.5. The highest BCUT2D eigenvalue weighted by atomic mass is 32.1. The van der Waals surface area contributed by atoms with Crippen molar-refractivity contribution >= 4 is 33.4 Å². The molecule has 7 heteroatoms. The van der Waals surface area contributed by atoms with E-state index in [0.717, 1.165) is 60.1 Å². The van der Waals surface area contributed by atoms with Crippen molar-refractivity contribution < 1.29 is 9.59 Å². The number of benzene rings is 1. The molecular weight excluding hydrogens is 577 g/mol. The molecule has 2 bridgehead atoms. The molecule has 0 radical (unpaired) electrons. The lowest BCUT2D eigenvalue weighted by atomic mass is 9.87. The number of aromatic nitrogens is 1. The van der Waals surface area contributed by atoms with E-state index in [0.29, 0.717) is 18.6 Å². The second kappa shape index (κ2) is 12.2. The Hall–Kier alpha value is -2.64. The van der Waals surface area contributed by atoms with Gasteiger partial charge in [-0.2, -0.15) is 0 Å². The Bertz CT molecular complexity index is 1530. The predicted octanol–water partition coefficient (Wildman–Crippen LogP) is 7.68. The zero-order valence-corrected chi connectivity index (χ0v) is 28.8. The van der Waals surface area contributed by atoms with Gasteiger partial charge in [-0.25, -0.2) is 0 Å². The Morgan fingerprint density at radius 1 is 0.956 bits per heavy atom. The van der Waals surface area contributed by atoms with Gasteiger partial charge in [0.25, 0.3) is 0 Å². The third-order valence-corrected chi connectivity index (χ3v) is 12.9. The molecule has 1 aliphatic carbocycles. The topological polar surface area (TPSA) is 68.4 Å². The minimum Gasteiger partial charge on any atom is -0.355 e. The van der Waals surface area contributed by atoms with Gasteiger partial charge in [0.05, 0.1) is 17.0 Å². The van der Waals surface area contributed by atoms with Crippen LogP contribution in [0.1, 0.15) is 106 Å². The van der Waals surface area contributed by atoms with Crippen LogP contribution in [-0.4, -0.2) is 64.9 Å². The monoisotopic (exact) mass is 628 g/mol. The third kappa shape index (κ3) is 5.88. The first kappa shape index (κ1) is 31.0. The zero-order valence-electron chi connectivity index (χ0n) is 28.0. The van der Waals surface area contributed by atoms with Crippen molar-refractivity contribution in [3.05, 3.63) is 45.8 Å². The molecule has 3 saturated heterocycles. The zero-order chi connectivity index (χ0) is 31.5. The Kier molecular flexibility index (Phi) is 8.39. The van der Waals surface area contributed by atoms with Crippen LogP contribution in [0.3, 0.4) is 0 Å². The molecule has 4 fully saturated rings. The number of fused-ring (bicyclic) bond motifs is 3. The van der Waals surface area contributed by atoms with Gasteiger partial charge >= 0.3 is 0 Å². The van der Waals surface area contributed by atoms with Gasteiger partial charge in [-0.1, -0.05) is 43.4 Å². The number of carbonyl (C=O) groups excluding carboxylic acids is 2. The van der Waals surface area contributed by atoms with E-state index >= 15 is 0 Å². The molecule has 1 aromatic carbocycles. The van der Waals surface area contributed by atoms with Gasteiger partial charge in [0.1, 0.15) is 4.83 Å². The van der Waals surface area contributed by atoms with Crippen molar-refractivity contribution in [1.82, 2.24) is 20.1 Å². The van der Waals surface area contributed by atoms with Gasteiger partial charge in [0.15, 0.2) is 0 Å². The first-order chi connectivity index (χ1) is 21.6. The summed E-state index contributed by atoms with van der Waals surface area (Å²) in [7, 11) is 0. The predicted molar refractivity (Wildman–Crippen MR) is 185 cm³/mol. The minimum absolute atomic E-state index is 0.103.